The Morgan fingerprint density at radius 3 is 2.75 bits per heavy atom. The summed E-state index contributed by atoms with van der Waals surface area (Å²) in [5.74, 6) is 1.32. The van der Waals surface area contributed by atoms with Crippen molar-refractivity contribution in [1.29, 1.82) is 0 Å². The zero-order valence-electron chi connectivity index (χ0n) is 14.2. The molecule has 1 aliphatic heterocycles. The highest BCUT2D eigenvalue weighted by Gasteiger charge is 2.19. The second-order valence-electron chi connectivity index (χ2n) is 6.34. The van der Waals surface area contributed by atoms with Crippen LogP contribution in [0.2, 0.25) is 0 Å². The van der Waals surface area contributed by atoms with Gasteiger partial charge in [-0.2, -0.15) is 0 Å². The standard InChI is InChI=1S/C18H23N5O/c1-13-6-9-23(10-7-13)18-21-12-16(14(2)22-18)17(24)20-11-15-5-3-4-8-19-15/h3-5,8,12-13H,6-7,9-11H2,1-2H3,(H,20,24). The van der Waals surface area contributed by atoms with Gasteiger partial charge in [-0.25, -0.2) is 9.97 Å². The quantitative estimate of drug-likeness (QED) is 0.934. The molecule has 24 heavy (non-hydrogen) atoms. The first-order valence-electron chi connectivity index (χ1n) is 8.40. The van der Waals surface area contributed by atoms with E-state index in [0.717, 1.165) is 43.5 Å². The molecule has 0 unspecified atom stereocenters. The third-order valence-electron chi connectivity index (χ3n) is 4.43. The number of anilines is 1. The van der Waals surface area contributed by atoms with Crippen LogP contribution in [0.1, 0.15) is 41.5 Å². The number of hydrogen-bond acceptors (Lipinski definition) is 5. The molecule has 0 aliphatic carbocycles. The Morgan fingerprint density at radius 1 is 1.29 bits per heavy atom. The average molecular weight is 325 g/mol. The van der Waals surface area contributed by atoms with E-state index < -0.39 is 0 Å². The molecule has 3 heterocycles. The Hall–Kier alpha value is -2.50. The maximum atomic E-state index is 12.3. The lowest BCUT2D eigenvalue weighted by molar-refractivity contribution is 0.0949. The molecule has 2 aromatic rings. The fourth-order valence-corrected chi connectivity index (χ4v) is 2.81. The molecular formula is C18H23N5O. The molecule has 1 aliphatic rings. The Kier molecular flexibility index (Phi) is 5.03. The van der Waals surface area contributed by atoms with Gasteiger partial charge in [0.1, 0.15) is 0 Å². The molecule has 0 bridgehead atoms. The van der Waals surface area contributed by atoms with Crippen molar-refractivity contribution in [3.63, 3.8) is 0 Å². The van der Waals surface area contributed by atoms with Crippen LogP contribution in [-0.2, 0) is 6.54 Å². The smallest absolute Gasteiger partial charge is 0.255 e. The Balaban J connectivity index is 1.64. The Bertz CT molecular complexity index is 696. The molecule has 6 heteroatoms. The number of hydrogen-bond donors (Lipinski definition) is 1. The number of carbonyl (C=O) groups is 1. The van der Waals surface area contributed by atoms with Gasteiger partial charge in [-0.15, -0.1) is 0 Å². The fourth-order valence-electron chi connectivity index (χ4n) is 2.81. The first-order valence-corrected chi connectivity index (χ1v) is 8.40. The number of aryl methyl sites for hydroxylation is 1. The SMILES string of the molecule is Cc1nc(N2CCC(C)CC2)ncc1C(=O)NCc1ccccn1. The fraction of sp³-hybridized carbons (Fsp3) is 0.444. The van der Waals surface area contributed by atoms with Crippen molar-refractivity contribution in [2.75, 3.05) is 18.0 Å². The lowest BCUT2D eigenvalue weighted by atomic mass is 10.00. The van der Waals surface area contributed by atoms with Crippen LogP contribution in [0.25, 0.3) is 0 Å². The molecule has 1 fully saturated rings. The predicted octanol–water partition coefficient (Wildman–Crippen LogP) is 2.35. The predicted molar refractivity (Wildman–Crippen MR) is 92.8 cm³/mol. The third-order valence-corrected chi connectivity index (χ3v) is 4.43. The highest BCUT2D eigenvalue weighted by Crippen LogP contribution is 2.20. The summed E-state index contributed by atoms with van der Waals surface area (Å²) >= 11 is 0. The van der Waals surface area contributed by atoms with Crippen LogP contribution in [0, 0.1) is 12.8 Å². The number of pyridine rings is 1. The second-order valence-corrected chi connectivity index (χ2v) is 6.34. The van der Waals surface area contributed by atoms with Crippen molar-refractivity contribution < 1.29 is 4.79 Å². The van der Waals surface area contributed by atoms with Gasteiger partial charge in [0.05, 0.1) is 23.5 Å². The van der Waals surface area contributed by atoms with E-state index in [2.05, 4.69) is 32.1 Å². The van der Waals surface area contributed by atoms with E-state index in [0.29, 0.717) is 17.8 Å². The molecular weight excluding hydrogens is 302 g/mol. The van der Waals surface area contributed by atoms with Crippen LogP contribution in [0.5, 0.6) is 0 Å². The van der Waals surface area contributed by atoms with Crippen LogP contribution in [0.4, 0.5) is 5.95 Å². The molecule has 0 aromatic carbocycles. The van der Waals surface area contributed by atoms with Crippen LogP contribution >= 0.6 is 0 Å². The first-order chi connectivity index (χ1) is 11.6. The minimum absolute atomic E-state index is 0.169. The molecule has 2 aromatic heterocycles. The van der Waals surface area contributed by atoms with Gasteiger partial charge >= 0.3 is 0 Å². The van der Waals surface area contributed by atoms with Crippen LogP contribution in [0.3, 0.4) is 0 Å². The summed E-state index contributed by atoms with van der Waals surface area (Å²) in [6.45, 7) is 6.48. The van der Waals surface area contributed by atoms with Gasteiger partial charge < -0.3 is 10.2 Å². The topological polar surface area (TPSA) is 71.0 Å². The highest BCUT2D eigenvalue weighted by atomic mass is 16.1. The highest BCUT2D eigenvalue weighted by molar-refractivity contribution is 5.94. The summed E-state index contributed by atoms with van der Waals surface area (Å²) in [5.41, 5.74) is 2.04. The number of amides is 1. The number of rotatable bonds is 4. The first kappa shape index (κ1) is 16.4. The average Bonchev–Trinajstić information content (AvgIpc) is 2.61. The summed E-state index contributed by atoms with van der Waals surface area (Å²) in [4.78, 5) is 27.7. The summed E-state index contributed by atoms with van der Waals surface area (Å²) < 4.78 is 0. The number of nitrogens with zero attached hydrogens (tertiary/aromatic N) is 4. The third kappa shape index (κ3) is 3.88. The van der Waals surface area contributed by atoms with Crippen molar-refractivity contribution >= 4 is 11.9 Å². The normalized spacial score (nSPS) is 15.3. The largest absolute Gasteiger partial charge is 0.346 e. The van der Waals surface area contributed by atoms with E-state index in [4.69, 9.17) is 0 Å². The van der Waals surface area contributed by atoms with Gasteiger partial charge in [-0.3, -0.25) is 9.78 Å². The lowest BCUT2D eigenvalue weighted by Gasteiger charge is -2.30. The van der Waals surface area contributed by atoms with Crippen molar-refractivity contribution in [3.8, 4) is 0 Å². The summed E-state index contributed by atoms with van der Waals surface area (Å²) in [6.07, 6.45) is 5.66. The van der Waals surface area contributed by atoms with Crippen LogP contribution in [-0.4, -0.2) is 33.9 Å². The molecule has 0 spiro atoms. The van der Waals surface area contributed by atoms with Crippen molar-refractivity contribution in [2.24, 2.45) is 5.92 Å². The van der Waals surface area contributed by atoms with Gasteiger partial charge in [0.15, 0.2) is 0 Å². The molecule has 1 amide bonds. The molecule has 0 radical (unpaired) electrons. The molecule has 0 saturated carbocycles. The maximum Gasteiger partial charge on any atom is 0.255 e. The van der Waals surface area contributed by atoms with Gasteiger partial charge in [0.25, 0.3) is 5.91 Å². The van der Waals surface area contributed by atoms with E-state index in [9.17, 15) is 4.79 Å². The van der Waals surface area contributed by atoms with Crippen LogP contribution in [0.15, 0.2) is 30.6 Å². The summed E-state index contributed by atoms with van der Waals surface area (Å²) in [5, 5.41) is 2.87. The van der Waals surface area contributed by atoms with Gasteiger partial charge in [-0.1, -0.05) is 13.0 Å². The van der Waals surface area contributed by atoms with Crippen molar-refractivity contribution in [3.05, 3.63) is 47.5 Å². The van der Waals surface area contributed by atoms with E-state index in [1.54, 1.807) is 12.4 Å². The van der Waals surface area contributed by atoms with Gasteiger partial charge in [0.2, 0.25) is 5.95 Å². The van der Waals surface area contributed by atoms with E-state index in [1.165, 1.54) is 0 Å². The van der Waals surface area contributed by atoms with Gasteiger partial charge in [-0.05, 0) is 37.8 Å². The van der Waals surface area contributed by atoms with Gasteiger partial charge in [0, 0.05) is 25.5 Å². The molecule has 6 nitrogen and oxygen atoms in total. The van der Waals surface area contributed by atoms with E-state index >= 15 is 0 Å². The Labute approximate surface area is 142 Å². The molecule has 1 saturated heterocycles. The van der Waals surface area contributed by atoms with E-state index in [1.807, 2.05) is 25.1 Å². The number of nitrogens with one attached hydrogen (secondary N) is 1. The van der Waals surface area contributed by atoms with E-state index in [-0.39, 0.29) is 5.91 Å². The Morgan fingerprint density at radius 2 is 2.08 bits per heavy atom. The van der Waals surface area contributed by atoms with Crippen molar-refractivity contribution in [2.45, 2.75) is 33.2 Å². The molecule has 3 rings (SSSR count). The maximum absolute atomic E-state index is 12.3. The molecule has 126 valence electrons. The second kappa shape index (κ2) is 7.38. The monoisotopic (exact) mass is 325 g/mol. The number of aromatic nitrogens is 3. The number of carbonyl (C=O) groups excluding carboxylic acids is 1. The zero-order valence-corrected chi connectivity index (χ0v) is 14.2. The van der Waals surface area contributed by atoms with Crippen LogP contribution < -0.4 is 10.2 Å². The summed E-state index contributed by atoms with van der Waals surface area (Å²) in [6, 6.07) is 5.63. The van der Waals surface area contributed by atoms with Crippen molar-refractivity contribution in [1.82, 2.24) is 20.3 Å². The minimum Gasteiger partial charge on any atom is -0.346 e. The minimum atomic E-state index is -0.169. The molecule has 1 N–H and O–H groups in total. The summed E-state index contributed by atoms with van der Waals surface area (Å²) in [7, 11) is 0. The molecule has 0 atom stereocenters. The number of piperidine rings is 1. The zero-order chi connectivity index (χ0) is 16.9. The lowest BCUT2D eigenvalue weighted by Crippen LogP contribution is -2.34.